The zero-order valence-electron chi connectivity index (χ0n) is 11.3. The molecule has 0 heterocycles. The maximum atomic E-state index is 12.4. The molecule has 2 aliphatic rings. The number of carboxylic acid groups (broad SMARTS) is 1. The minimum absolute atomic E-state index is 0.00517. The van der Waals surface area contributed by atoms with Gasteiger partial charge in [-0.05, 0) is 36.0 Å². The Labute approximate surface area is 127 Å². The molecule has 0 aliphatic heterocycles. The first-order valence-corrected chi connectivity index (χ1v) is 7.37. The maximum absolute atomic E-state index is 12.4. The monoisotopic (exact) mass is 305 g/mol. The molecule has 0 aromatic heterocycles. The van der Waals surface area contributed by atoms with Crippen LogP contribution in [0, 0.1) is 23.7 Å². The van der Waals surface area contributed by atoms with E-state index >= 15 is 0 Å². The molecule has 0 spiro atoms. The highest BCUT2D eigenvalue weighted by Gasteiger charge is 2.51. The van der Waals surface area contributed by atoms with Crippen LogP contribution in [0.25, 0.3) is 0 Å². The lowest BCUT2D eigenvalue weighted by Gasteiger charge is -2.23. The number of rotatable bonds is 4. The molecule has 5 heteroatoms. The minimum atomic E-state index is -0.880. The molecule has 1 aromatic carbocycles. The fraction of sp³-hybridized carbons (Fsp3) is 0.375. The number of carbonyl (C=O) groups excluding carboxylic acids is 1. The number of aliphatic carboxylic acids is 1. The summed E-state index contributed by atoms with van der Waals surface area (Å²) in [5.74, 6) is -2.07. The summed E-state index contributed by atoms with van der Waals surface area (Å²) in [4.78, 5) is 23.8. The van der Waals surface area contributed by atoms with E-state index in [2.05, 4.69) is 5.32 Å². The molecule has 0 radical (unpaired) electrons. The number of fused-ring (bicyclic) bond motifs is 2. The van der Waals surface area contributed by atoms with Gasteiger partial charge in [0.25, 0.3) is 0 Å². The van der Waals surface area contributed by atoms with E-state index < -0.39 is 17.8 Å². The number of benzene rings is 1. The molecule has 0 saturated heterocycles. The van der Waals surface area contributed by atoms with Gasteiger partial charge in [-0.1, -0.05) is 35.9 Å². The van der Waals surface area contributed by atoms with Crippen molar-refractivity contribution in [2.75, 3.05) is 0 Å². The molecule has 1 amide bonds. The highest BCUT2D eigenvalue weighted by molar-refractivity contribution is 6.30. The highest BCUT2D eigenvalue weighted by Crippen LogP contribution is 2.48. The van der Waals surface area contributed by atoms with Gasteiger partial charge in [0.15, 0.2) is 0 Å². The molecule has 4 nitrogen and oxygen atoms in total. The molecule has 110 valence electrons. The molecule has 0 unspecified atom stereocenters. The summed E-state index contributed by atoms with van der Waals surface area (Å²) in [7, 11) is 0. The van der Waals surface area contributed by atoms with Gasteiger partial charge in [0.05, 0.1) is 11.8 Å². The van der Waals surface area contributed by atoms with Crippen molar-refractivity contribution in [1.82, 2.24) is 5.32 Å². The van der Waals surface area contributed by atoms with Crippen LogP contribution < -0.4 is 5.32 Å². The number of amides is 1. The van der Waals surface area contributed by atoms with Gasteiger partial charge in [-0.2, -0.15) is 0 Å². The van der Waals surface area contributed by atoms with Crippen molar-refractivity contribution in [2.24, 2.45) is 23.7 Å². The highest BCUT2D eigenvalue weighted by atomic mass is 35.5. The molecule has 1 aromatic rings. The molecule has 2 bridgehead atoms. The van der Waals surface area contributed by atoms with Gasteiger partial charge in [-0.3, -0.25) is 9.59 Å². The summed E-state index contributed by atoms with van der Waals surface area (Å²) in [5, 5.41) is 12.8. The van der Waals surface area contributed by atoms with Crippen LogP contribution in [0.5, 0.6) is 0 Å². The van der Waals surface area contributed by atoms with E-state index in [0.717, 1.165) is 12.0 Å². The third-order valence-corrected chi connectivity index (χ3v) is 4.64. The lowest BCUT2D eigenvalue weighted by atomic mass is 9.82. The molecule has 1 fully saturated rings. The van der Waals surface area contributed by atoms with Crippen molar-refractivity contribution in [1.29, 1.82) is 0 Å². The predicted octanol–water partition coefficient (Wildman–Crippen LogP) is 2.48. The van der Waals surface area contributed by atoms with Crippen molar-refractivity contribution in [3.8, 4) is 0 Å². The van der Waals surface area contributed by atoms with Crippen molar-refractivity contribution in [3.63, 3.8) is 0 Å². The van der Waals surface area contributed by atoms with E-state index in [9.17, 15) is 14.7 Å². The Morgan fingerprint density at radius 1 is 1.24 bits per heavy atom. The third-order valence-electron chi connectivity index (χ3n) is 4.40. The van der Waals surface area contributed by atoms with Gasteiger partial charge in [-0.15, -0.1) is 0 Å². The lowest BCUT2D eigenvalue weighted by molar-refractivity contribution is -0.147. The largest absolute Gasteiger partial charge is 0.481 e. The van der Waals surface area contributed by atoms with Crippen LogP contribution >= 0.6 is 11.6 Å². The van der Waals surface area contributed by atoms with E-state index in [1.54, 1.807) is 12.1 Å². The number of allylic oxidation sites excluding steroid dienone is 2. The zero-order valence-corrected chi connectivity index (χ0v) is 12.1. The number of nitrogens with one attached hydrogen (secondary N) is 1. The first-order chi connectivity index (χ1) is 10.1. The second-order valence-corrected chi connectivity index (χ2v) is 6.12. The number of halogens is 1. The van der Waals surface area contributed by atoms with Crippen LogP contribution in [0.15, 0.2) is 36.4 Å². The van der Waals surface area contributed by atoms with Crippen LogP contribution in [-0.4, -0.2) is 17.0 Å². The summed E-state index contributed by atoms with van der Waals surface area (Å²) in [6, 6.07) is 7.26. The first-order valence-electron chi connectivity index (χ1n) is 6.99. The molecule has 1 saturated carbocycles. The smallest absolute Gasteiger partial charge is 0.307 e. The van der Waals surface area contributed by atoms with Gasteiger partial charge in [0.1, 0.15) is 0 Å². The number of carboxylic acids is 1. The van der Waals surface area contributed by atoms with E-state index in [1.807, 2.05) is 24.3 Å². The van der Waals surface area contributed by atoms with Gasteiger partial charge in [0.2, 0.25) is 5.91 Å². The van der Waals surface area contributed by atoms with Crippen LogP contribution in [0.1, 0.15) is 12.0 Å². The summed E-state index contributed by atoms with van der Waals surface area (Å²) >= 11 is 5.90. The summed E-state index contributed by atoms with van der Waals surface area (Å²) in [6.07, 6.45) is 4.68. The molecule has 2 N–H and O–H groups in total. The summed E-state index contributed by atoms with van der Waals surface area (Å²) < 4.78 is 0. The fourth-order valence-electron chi connectivity index (χ4n) is 3.47. The lowest BCUT2D eigenvalue weighted by Crippen LogP contribution is -2.39. The van der Waals surface area contributed by atoms with Gasteiger partial charge < -0.3 is 10.4 Å². The first kappa shape index (κ1) is 14.1. The topological polar surface area (TPSA) is 66.4 Å². The average Bonchev–Trinajstić information content (AvgIpc) is 3.05. The third kappa shape index (κ3) is 2.68. The van der Waals surface area contributed by atoms with Crippen LogP contribution in [0.2, 0.25) is 5.02 Å². The predicted molar refractivity (Wildman–Crippen MR) is 78.7 cm³/mol. The Kier molecular flexibility index (Phi) is 3.72. The van der Waals surface area contributed by atoms with Crippen LogP contribution in [-0.2, 0) is 16.1 Å². The second kappa shape index (κ2) is 5.53. The summed E-state index contributed by atoms with van der Waals surface area (Å²) in [5.41, 5.74) is 0.904. The maximum Gasteiger partial charge on any atom is 0.307 e. The van der Waals surface area contributed by atoms with Crippen LogP contribution in [0.3, 0.4) is 0 Å². The van der Waals surface area contributed by atoms with Gasteiger partial charge >= 0.3 is 5.97 Å². The zero-order chi connectivity index (χ0) is 15.0. The van der Waals surface area contributed by atoms with Crippen molar-refractivity contribution in [2.45, 2.75) is 13.0 Å². The van der Waals surface area contributed by atoms with Crippen LogP contribution in [0.4, 0.5) is 0 Å². The molecule has 3 rings (SSSR count). The Balaban J connectivity index is 1.68. The second-order valence-electron chi connectivity index (χ2n) is 5.69. The SMILES string of the molecule is O=C(NCc1cccc(Cl)c1)[C@@H]1[C@H](C(=O)O)[C@H]2C=C[C@H]1C2. The number of carbonyl (C=O) groups is 2. The number of hydrogen-bond donors (Lipinski definition) is 2. The average molecular weight is 306 g/mol. The van der Waals surface area contributed by atoms with Crippen molar-refractivity contribution in [3.05, 3.63) is 47.0 Å². The quantitative estimate of drug-likeness (QED) is 0.840. The Morgan fingerprint density at radius 3 is 2.62 bits per heavy atom. The Morgan fingerprint density at radius 2 is 1.95 bits per heavy atom. The molecule has 2 aliphatic carbocycles. The van der Waals surface area contributed by atoms with E-state index in [0.29, 0.717) is 11.6 Å². The van der Waals surface area contributed by atoms with E-state index in [1.165, 1.54) is 0 Å². The standard InChI is InChI=1S/C16H16ClNO3/c17-12-3-1-2-9(6-12)8-18-15(19)13-10-4-5-11(7-10)14(13)16(20)21/h1-6,10-11,13-14H,7-8H2,(H,18,19)(H,20,21)/t10-,11-,13-,14+/m0/s1. The summed E-state index contributed by atoms with van der Waals surface area (Å²) in [6.45, 7) is 0.364. The molecule has 21 heavy (non-hydrogen) atoms. The van der Waals surface area contributed by atoms with E-state index in [4.69, 9.17) is 11.6 Å². The molecular weight excluding hydrogens is 290 g/mol. The molecular formula is C16H16ClNO3. The van der Waals surface area contributed by atoms with Crippen molar-refractivity contribution >= 4 is 23.5 Å². The fourth-order valence-corrected chi connectivity index (χ4v) is 3.68. The van der Waals surface area contributed by atoms with E-state index in [-0.39, 0.29) is 17.7 Å². The van der Waals surface area contributed by atoms with Gasteiger partial charge in [0, 0.05) is 11.6 Å². The Bertz CT molecular complexity index is 613. The van der Waals surface area contributed by atoms with Gasteiger partial charge in [-0.25, -0.2) is 0 Å². The minimum Gasteiger partial charge on any atom is -0.481 e. The normalized spacial score (nSPS) is 29.6. The molecule has 4 atom stereocenters. The Hall–Kier alpha value is -1.81. The number of hydrogen-bond acceptors (Lipinski definition) is 2. The van der Waals surface area contributed by atoms with Crippen molar-refractivity contribution < 1.29 is 14.7 Å².